The van der Waals surface area contributed by atoms with E-state index in [-0.39, 0.29) is 17.8 Å². The number of amides is 2. The molecule has 3 N–H and O–H groups in total. The largest absolute Gasteiger partial charge is 0.495 e. The molecular weight excluding hydrogens is 452 g/mol. The highest BCUT2D eigenvalue weighted by Gasteiger charge is 2.35. The Morgan fingerprint density at radius 3 is 2.75 bits per heavy atom. The number of H-pyrrole nitrogens is 1. The number of carbonyl (C=O) groups excluding carboxylic acids is 2. The van der Waals surface area contributed by atoms with Gasteiger partial charge >= 0.3 is 0 Å². The molecule has 0 radical (unpaired) electrons. The Bertz CT molecular complexity index is 1250. The molecule has 1 aliphatic rings. The lowest BCUT2D eigenvalue weighted by molar-refractivity contribution is -0.123. The number of thioether (sulfide) groups is 1. The first-order valence-corrected chi connectivity index (χ1v) is 11.1. The van der Waals surface area contributed by atoms with Gasteiger partial charge in [0.05, 0.1) is 24.3 Å². The van der Waals surface area contributed by atoms with Gasteiger partial charge in [-0.2, -0.15) is 0 Å². The standard InChI is InChI=1S/C22H19ClN4O4S/c1-31-16-9-5-4-8-15(16)24-20(29)13-10-17(28)25-19-18(13)21(30)27-22(26-19)32-11-12-6-2-3-7-14(12)23/h2-9,13H,10-11H2,1H3,(H,24,29)(H2,25,26,27,28,30)/t13-/m1/s1. The Hall–Kier alpha value is -3.30. The van der Waals surface area contributed by atoms with Crippen molar-refractivity contribution in [3.8, 4) is 5.75 Å². The Kier molecular flexibility index (Phi) is 6.48. The minimum Gasteiger partial charge on any atom is -0.495 e. The van der Waals surface area contributed by atoms with Gasteiger partial charge in [-0.1, -0.05) is 53.7 Å². The molecule has 4 rings (SSSR count). The van der Waals surface area contributed by atoms with Crippen LogP contribution < -0.4 is 20.9 Å². The van der Waals surface area contributed by atoms with Crippen LogP contribution in [0.15, 0.2) is 58.5 Å². The number of nitrogens with zero attached hydrogens (tertiary/aromatic N) is 1. The van der Waals surface area contributed by atoms with Gasteiger partial charge < -0.3 is 20.4 Å². The van der Waals surface area contributed by atoms with Gasteiger partial charge in [0.25, 0.3) is 5.56 Å². The molecule has 0 unspecified atom stereocenters. The number of nitrogens with one attached hydrogen (secondary N) is 3. The van der Waals surface area contributed by atoms with Crippen LogP contribution >= 0.6 is 23.4 Å². The molecule has 1 aliphatic heterocycles. The lowest BCUT2D eigenvalue weighted by Gasteiger charge is -2.23. The number of para-hydroxylation sites is 2. The predicted octanol–water partition coefficient (Wildman–Crippen LogP) is 3.79. The quantitative estimate of drug-likeness (QED) is 0.373. The van der Waals surface area contributed by atoms with Crippen molar-refractivity contribution in [2.45, 2.75) is 23.2 Å². The van der Waals surface area contributed by atoms with E-state index in [4.69, 9.17) is 16.3 Å². The summed E-state index contributed by atoms with van der Waals surface area (Å²) < 4.78 is 5.25. The number of aromatic nitrogens is 2. The summed E-state index contributed by atoms with van der Waals surface area (Å²) in [6.07, 6.45) is -0.162. The van der Waals surface area contributed by atoms with Crippen molar-refractivity contribution in [2.75, 3.05) is 17.7 Å². The summed E-state index contributed by atoms with van der Waals surface area (Å²) in [5.74, 6) is -0.825. The summed E-state index contributed by atoms with van der Waals surface area (Å²) in [5.41, 5.74) is 0.984. The SMILES string of the molecule is COc1ccccc1NC(=O)[C@@H]1CC(=O)Nc2nc(SCc3ccccc3Cl)[nH]c(=O)c21. The molecule has 1 aromatic heterocycles. The second kappa shape index (κ2) is 9.46. The number of hydrogen-bond acceptors (Lipinski definition) is 6. The number of aromatic amines is 1. The van der Waals surface area contributed by atoms with Crippen LogP contribution in [0.1, 0.15) is 23.5 Å². The molecule has 2 aromatic carbocycles. The van der Waals surface area contributed by atoms with Crippen molar-refractivity contribution in [3.05, 3.63) is 75.0 Å². The highest BCUT2D eigenvalue weighted by molar-refractivity contribution is 7.98. The van der Waals surface area contributed by atoms with Crippen molar-refractivity contribution in [1.82, 2.24) is 9.97 Å². The second-order valence-corrected chi connectivity index (χ2v) is 8.38. The van der Waals surface area contributed by atoms with E-state index >= 15 is 0 Å². The van der Waals surface area contributed by atoms with Gasteiger partial charge in [0, 0.05) is 17.2 Å². The second-order valence-electron chi connectivity index (χ2n) is 7.01. The van der Waals surface area contributed by atoms with Crippen LogP contribution in [0.2, 0.25) is 5.02 Å². The molecule has 2 heterocycles. The first-order chi connectivity index (χ1) is 15.5. The van der Waals surface area contributed by atoms with Crippen LogP contribution in [0.3, 0.4) is 0 Å². The Balaban J connectivity index is 1.59. The molecule has 0 fully saturated rings. The molecule has 0 spiro atoms. The maximum Gasteiger partial charge on any atom is 0.257 e. The van der Waals surface area contributed by atoms with Crippen molar-refractivity contribution in [2.24, 2.45) is 0 Å². The fraction of sp³-hybridized carbons (Fsp3) is 0.182. The molecular formula is C22H19ClN4O4S. The molecule has 32 heavy (non-hydrogen) atoms. The van der Waals surface area contributed by atoms with Crippen LogP contribution in [0.5, 0.6) is 5.75 Å². The van der Waals surface area contributed by atoms with E-state index in [1.807, 2.05) is 18.2 Å². The number of benzene rings is 2. The summed E-state index contributed by atoms with van der Waals surface area (Å²) >= 11 is 7.46. The lowest BCUT2D eigenvalue weighted by Crippen LogP contribution is -2.36. The molecule has 8 nitrogen and oxygen atoms in total. The number of ether oxygens (including phenoxy) is 1. The molecule has 3 aromatic rings. The average molecular weight is 471 g/mol. The average Bonchev–Trinajstić information content (AvgIpc) is 2.78. The molecule has 0 saturated heterocycles. The van der Waals surface area contributed by atoms with Crippen molar-refractivity contribution in [1.29, 1.82) is 0 Å². The Morgan fingerprint density at radius 1 is 1.22 bits per heavy atom. The molecule has 0 saturated carbocycles. The minimum absolute atomic E-state index is 0.0897. The highest BCUT2D eigenvalue weighted by atomic mass is 35.5. The van der Waals surface area contributed by atoms with Crippen LogP contribution in [0.25, 0.3) is 0 Å². The fourth-order valence-corrected chi connectivity index (χ4v) is 4.52. The van der Waals surface area contributed by atoms with Gasteiger partial charge in [-0.25, -0.2) is 4.98 Å². The number of halogens is 1. The fourth-order valence-electron chi connectivity index (χ4n) is 3.37. The van der Waals surface area contributed by atoms with E-state index in [0.29, 0.717) is 27.4 Å². The molecule has 2 amide bonds. The molecule has 164 valence electrons. The monoisotopic (exact) mass is 470 g/mol. The Morgan fingerprint density at radius 2 is 1.97 bits per heavy atom. The summed E-state index contributed by atoms with van der Waals surface area (Å²) in [6, 6.07) is 14.3. The van der Waals surface area contributed by atoms with Crippen LogP contribution in [0, 0.1) is 0 Å². The van der Waals surface area contributed by atoms with E-state index in [1.54, 1.807) is 30.3 Å². The molecule has 1 atom stereocenters. The Labute approximate surface area is 192 Å². The van der Waals surface area contributed by atoms with Crippen LogP contribution in [-0.2, 0) is 15.3 Å². The zero-order valence-electron chi connectivity index (χ0n) is 17.0. The van der Waals surface area contributed by atoms with Crippen LogP contribution in [-0.4, -0.2) is 28.9 Å². The number of rotatable bonds is 6. The summed E-state index contributed by atoms with van der Waals surface area (Å²) in [7, 11) is 1.49. The van der Waals surface area contributed by atoms with Gasteiger partial charge in [0.15, 0.2) is 5.16 Å². The number of hydrogen-bond donors (Lipinski definition) is 3. The van der Waals surface area contributed by atoms with Crippen molar-refractivity contribution >= 4 is 46.7 Å². The maximum absolute atomic E-state index is 13.0. The summed E-state index contributed by atoms with van der Waals surface area (Å²) in [5, 5.41) is 6.28. The topological polar surface area (TPSA) is 113 Å². The molecule has 0 bridgehead atoms. The zero-order valence-corrected chi connectivity index (χ0v) is 18.5. The predicted molar refractivity (Wildman–Crippen MR) is 123 cm³/mol. The van der Waals surface area contributed by atoms with Gasteiger partial charge in [0.1, 0.15) is 11.6 Å². The van der Waals surface area contributed by atoms with Crippen LogP contribution in [0.4, 0.5) is 11.5 Å². The zero-order chi connectivity index (χ0) is 22.7. The third-order valence-corrected chi connectivity index (χ3v) is 6.22. The van der Waals surface area contributed by atoms with E-state index in [1.165, 1.54) is 18.9 Å². The first-order valence-electron chi connectivity index (χ1n) is 9.70. The number of methoxy groups -OCH3 is 1. The number of fused-ring (bicyclic) bond motifs is 1. The lowest BCUT2D eigenvalue weighted by atomic mass is 9.92. The van der Waals surface area contributed by atoms with Gasteiger partial charge in [-0.3, -0.25) is 14.4 Å². The smallest absolute Gasteiger partial charge is 0.257 e. The van der Waals surface area contributed by atoms with E-state index in [9.17, 15) is 14.4 Å². The third kappa shape index (κ3) is 4.63. The van der Waals surface area contributed by atoms with Gasteiger partial charge in [-0.15, -0.1) is 0 Å². The summed E-state index contributed by atoms with van der Waals surface area (Å²) in [4.78, 5) is 45.2. The number of carbonyl (C=O) groups is 2. The van der Waals surface area contributed by atoms with Crippen molar-refractivity contribution < 1.29 is 14.3 Å². The third-order valence-electron chi connectivity index (χ3n) is 4.93. The normalized spacial score (nSPS) is 14.9. The summed E-state index contributed by atoms with van der Waals surface area (Å²) in [6.45, 7) is 0. The van der Waals surface area contributed by atoms with E-state index in [2.05, 4.69) is 20.6 Å². The molecule has 0 aliphatic carbocycles. The maximum atomic E-state index is 13.0. The molecule has 10 heteroatoms. The highest BCUT2D eigenvalue weighted by Crippen LogP contribution is 2.32. The van der Waals surface area contributed by atoms with Gasteiger partial charge in [0.2, 0.25) is 11.8 Å². The van der Waals surface area contributed by atoms with E-state index in [0.717, 1.165) is 5.56 Å². The van der Waals surface area contributed by atoms with E-state index < -0.39 is 23.3 Å². The van der Waals surface area contributed by atoms with Gasteiger partial charge in [-0.05, 0) is 23.8 Å². The van der Waals surface area contributed by atoms with Crippen molar-refractivity contribution in [3.63, 3.8) is 0 Å². The minimum atomic E-state index is -0.984. The number of anilines is 2. The first kappa shape index (κ1) is 21.9.